The first kappa shape index (κ1) is 12.5. The van der Waals surface area contributed by atoms with Crippen molar-refractivity contribution in [2.75, 3.05) is 13.6 Å². The predicted molar refractivity (Wildman–Crippen MR) is 62.7 cm³/mol. The van der Waals surface area contributed by atoms with Gasteiger partial charge in [-0.05, 0) is 32.7 Å². The Morgan fingerprint density at radius 3 is 2.47 bits per heavy atom. The second kappa shape index (κ2) is 6.11. The lowest BCUT2D eigenvalue weighted by atomic mass is 9.99. The van der Waals surface area contributed by atoms with E-state index in [1.165, 1.54) is 25.7 Å². The zero-order valence-electron chi connectivity index (χ0n) is 10.2. The highest BCUT2D eigenvalue weighted by atomic mass is 16.1. The summed E-state index contributed by atoms with van der Waals surface area (Å²) in [6.07, 6.45) is 5.22. The molecule has 0 heterocycles. The van der Waals surface area contributed by atoms with Gasteiger partial charge in [0.1, 0.15) is 0 Å². The fourth-order valence-electron chi connectivity index (χ4n) is 2.34. The maximum Gasteiger partial charge on any atom is 0.224 e. The lowest BCUT2D eigenvalue weighted by Crippen LogP contribution is -2.42. The number of amides is 1. The Hall–Kier alpha value is -0.570. The average molecular weight is 212 g/mol. The first-order valence-electron chi connectivity index (χ1n) is 6.10. The molecule has 0 aliphatic heterocycles. The van der Waals surface area contributed by atoms with E-state index in [0.717, 1.165) is 6.54 Å². The van der Waals surface area contributed by atoms with Crippen LogP contribution in [0.3, 0.4) is 0 Å². The molecule has 1 amide bonds. The van der Waals surface area contributed by atoms with Gasteiger partial charge in [0.2, 0.25) is 5.91 Å². The van der Waals surface area contributed by atoms with Gasteiger partial charge in [-0.25, -0.2) is 0 Å². The van der Waals surface area contributed by atoms with Gasteiger partial charge < -0.3 is 10.6 Å². The monoisotopic (exact) mass is 212 g/mol. The van der Waals surface area contributed by atoms with E-state index in [1.807, 2.05) is 14.0 Å². The van der Waals surface area contributed by atoms with Crippen LogP contribution in [-0.4, -0.2) is 25.5 Å². The van der Waals surface area contributed by atoms with Crippen LogP contribution in [0.2, 0.25) is 0 Å². The minimum atomic E-state index is 0.0684. The molecule has 3 nitrogen and oxygen atoms in total. The lowest BCUT2D eigenvalue weighted by molar-refractivity contribution is -0.125. The molecular formula is C12H24N2O. The average Bonchev–Trinajstić information content (AvgIpc) is 2.70. The van der Waals surface area contributed by atoms with Crippen LogP contribution in [0.1, 0.15) is 39.5 Å². The molecule has 0 saturated heterocycles. The van der Waals surface area contributed by atoms with Crippen LogP contribution in [0, 0.1) is 11.8 Å². The van der Waals surface area contributed by atoms with Crippen molar-refractivity contribution >= 4 is 5.91 Å². The Labute approximate surface area is 93.0 Å². The molecule has 1 rings (SSSR count). The molecule has 1 saturated carbocycles. The van der Waals surface area contributed by atoms with E-state index in [9.17, 15) is 4.79 Å². The minimum absolute atomic E-state index is 0.0684. The highest BCUT2D eigenvalue weighted by Gasteiger charge is 2.24. The highest BCUT2D eigenvalue weighted by Crippen LogP contribution is 2.27. The fourth-order valence-corrected chi connectivity index (χ4v) is 2.34. The second-order valence-corrected chi connectivity index (χ2v) is 4.80. The lowest BCUT2D eigenvalue weighted by Gasteiger charge is -2.22. The third kappa shape index (κ3) is 3.82. The van der Waals surface area contributed by atoms with Crippen molar-refractivity contribution in [1.82, 2.24) is 10.6 Å². The van der Waals surface area contributed by atoms with Crippen LogP contribution < -0.4 is 10.6 Å². The van der Waals surface area contributed by atoms with Crippen molar-refractivity contribution < 1.29 is 4.79 Å². The van der Waals surface area contributed by atoms with Crippen LogP contribution in [0.5, 0.6) is 0 Å². The van der Waals surface area contributed by atoms with Crippen LogP contribution in [0.4, 0.5) is 0 Å². The van der Waals surface area contributed by atoms with E-state index in [0.29, 0.717) is 12.0 Å². The zero-order valence-corrected chi connectivity index (χ0v) is 10.2. The summed E-state index contributed by atoms with van der Waals surface area (Å²) in [5.74, 6) is 0.957. The van der Waals surface area contributed by atoms with Crippen molar-refractivity contribution in [3.63, 3.8) is 0 Å². The molecule has 1 aliphatic rings. The van der Waals surface area contributed by atoms with Gasteiger partial charge in [-0.3, -0.25) is 4.79 Å². The van der Waals surface area contributed by atoms with Gasteiger partial charge in [0, 0.05) is 18.5 Å². The number of carbonyl (C=O) groups excluding carboxylic acids is 1. The summed E-state index contributed by atoms with van der Waals surface area (Å²) < 4.78 is 0. The van der Waals surface area contributed by atoms with Crippen molar-refractivity contribution in [2.45, 2.75) is 45.6 Å². The van der Waals surface area contributed by atoms with Gasteiger partial charge >= 0.3 is 0 Å². The van der Waals surface area contributed by atoms with E-state index in [2.05, 4.69) is 17.6 Å². The van der Waals surface area contributed by atoms with Gasteiger partial charge in [-0.2, -0.15) is 0 Å². The Balaban J connectivity index is 2.29. The van der Waals surface area contributed by atoms with Crippen molar-refractivity contribution in [1.29, 1.82) is 0 Å². The Kier molecular flexibility index (Phi) is 5.09. The first-order valence-corrected chi connectivity index (χ1v) is 6.10. The smallest absolute Gasteiger partial charge is 0.224 e. The number of carbonyl (C=O) groups is 1. The van der Waals surface area contributed by atoms with Crippen LogP contribution in [-0.2, 0) is 4.79 Å². The molecule has 0 aromatic heterocycles. The number of rotatable bonds is 5. The number of hydrogen-bond donors (Lipinski definition) is 2. The molecule has 1 aliphatic carbocycles. The summed E-state index contributed by atoms with van der Waals surface area (Å²) in [4.78, 5) is 11.7. The normalized spacial score (nSPS) is 21.3. The van der Waals surface area contributed by atoms with Crippen LogP contribution in [0.15, 0.2) is 0 Å². The summed E-state index contributed by atoms with van der Waals surface area (Å²) >= 11 is 0. The third-order valence-corrected chi connectivity index (χ3v) is 3.43. The summed E-state index contributed by atoms with van der Waals surface area (Å²) in [6, 6.07) is 0.347. The maximum atomic E-state index is 11.7. The molecule has 0 aromatic carbocycles. The maximum absolute atomic E-state index is 11.7. The first-order chi connectivity index (χ1) is 7.15. The fraction of sp³-hybridized carbons (Fsp3) is 0.917. The number of hydrogen-bond acceptors (Lipinski definition) is 2. The van der Waals surface area contributed by atoms with E-state index in [4.69, 9.17) is 0 Å². The molecule has 3 heteroatoms. The van der Waals surface area contributed by atoms with E-state index < -0.39 is 0 Å². The zero-order chi connectivity index (χ0) is 11.3. The van der Waals surface area contributed by atoms with E-state index in [-0.39, 0.29) is 11.8 Å². The van der Waals surface area contributed by atoms with Gasteiger partial charge in [0.25, 0.3) is 0 Å². The van der Waals surface area contributed by atoms with Gasteiger partial charge in [0.05, 0.1) is 0 Å². The SMILES string of the molecule is CNCC(C)C(=O)N[C@@H](C)C1CCCC1. The van der Waals surface area contributed by atoms with Gasteiger partial charge in [-0.1, -0.05) is 19.8 Å². The van der Waals surface area contributed by atoms with Crippen LogP contribution in [0.25, 0.3) is 0 Å². The Morgan fingerprint density at radius 1 is 1.33 bits per heavy atom. The molecule has 0 aromatic rings. The molecule has 0 radical (unpaired) electrons. The largest absolute Gasteiger partial charge is 0.353 e. The van der Waals surface area contributed by atoms with E-state index >= 15 is 0 Å². The molecule has 0 bridgehead atoms. The number of nitrogens with one attached hydrogen (secondary N) is 2. The predicted octanol–water partition coefficient (Wildman–Crippen LogP) is 1.54. The van der Waals surface area contributed by atoms with E-state index in [1.54, 1.807) is 0 Å². The molecule has 0 spiro atoms. The van der Waals surface area contributed by atoms with Crippen molar-refractivity contribution in [2.24, 2.45) is 11.8 Å². The molecule has 88 valence electrons. The molecule has 2 atom stereocenters. The van der Waals surface area contributed by atoms with Gasteiger partial charge in [0.15, 0.2) is 0 Å². The summed E-state index contributed by atoms with van der Waals surface area (Å²) in [6.45, 7) is 4.86. The summed E-state index contributed by atoms with van der Waals surface area (Å²) in [5, 5.41) is 6.16. The second-order valence-electron chi connectivity index (χ2n) is 4.80. The summed E-state index contributed by atoms with van der Waals surface area (Å²) in [7, 11) is 1.88. The molecular weight excluding hydrogens is 188 g/mol. The molecule has 15 heavy (non-hydrogen) atoms. The van der Waals surface area contributed by atoms with Crippen molar-refractivity contribution in [3.05, 3.63) is 0 Å². The molecule has 1 unspecified atom stereocenters. The Morgan fingerprint density at radius 2 is 1.93 bits per heavy atom. The molecule has 1 fully saturated rings. The summed E-state index contributed by atoms with van der Waals surface area (Å²) in [5.41, 5.74) is 0. The topological polar surface area (TPSA) is 41.1 Å². The minimum Gasteiger partial charge on any atom is -0.353 e. The highest BCUT2D eigenvalue weighted by molar-refractivity contribution is 5.78. The standard InChI is InChI=1S/C12H24N2O/c1-9(8-13-3)12(15)14-10(2)11-6-4-5-7-11/h9-11,13H,4-8H2,1-3H3,(H,14,15)/t9?,10-/m0/s1. The quantitative estimate of drug-likeness (QED) is 0.726. The molecule has 2 N–H and O–H groups in total. The van der Waals surface area contributed by atoms with Gasteiger partial charge in [-0.15, -0.1) is 0 Å². The van der Waals surface area contributed by atoms with Crippen LogP contribution >= 0.6 is 0 Å². The third-order valence-electron chi connectivity index (χ3n) is 3.43. The van der Waals surface area contributed by atoms with Crippen molar-refractivity contribution in [3.8, 4) is 0 Å². The Bertz CT molecular complexity index is 200.